The SMILES string of the molecule is CN=C(NCCC(C)N(C)Cc1ccccc1)N1CCC(C)C(n2ccnc2)C1.I. The van der Waals surface area contributed by atoms with Crippen LogP contribution in [0, 0.1) is 5.92 Å². The number of hydrogen-bond acceptors (Lipinski definition) is 3. The zero-order valence-electron chi connectivity index (χ0n) is 18.7. The fourth-order valence-electron chi connectivity index (χ4n) is 4.07. The molecule has 7 heteroatoms. The number of imidazole rings is 1. The second-order valence-electron chi connectivity index (χ2n) is 8.30. The Morgan fingerprint density at radius 3 is 2.77 bits per heavy atom. The van der Waals surface area contributed by atoms with Crippen LogP contribution in [0.1, 0.15) is 38.3 Å². The lowest BCUT2D eigenvalue weighted by molar-refractivity contribution is 0.188. The number of rotatable bonds is 7. The van der Waals surface area contributed by atoms with Crippen LogP contribution < -0.4 is 5.32 Å². The second kappa shape index (κ2) is 12.3. The molecule has 0 spiro atoms. The van der Waals surface area contributed by atoms with Gasteiger partial charge in [-0.15, -0.1) is 24.0 Å². The summed E-state index contributed by atoms with van der Waals surface area (Å²) in [5, 5.41) is 3.59. The van der Waals surface area contributed by atoms with Crippen molar-refractivity contribution in [3.05, 3.63) is 54.6 Å². The molecule has 0 radical (unpaired) electrons. The maximum atomic E-state index is 4.55. The highest BCUT2D eigenvalue weighted by atomic mass is 127. The summed E-state index contributed by atoms with van der Waals surface area (Å²) in [7, 11) is 4.09. The van der Waals surface area contributed by atoms with Gasteiger partial charge in [0, 0.05) is 51.7 Å². The zero-order chi connectivity index (χ0) is 20.6. The highest BCUT2D eigenvalue weighted by Crippen LogP contribution is 2.27. The molecular weight excluding hydrogens is 487 g/mol. The Morgan fingerprint density at radius 2 is 2.10 bits per heavy atom. The van der Waals surface area contributed by atoms with Gasteiger partial charge in [-0.3, -0.25) is 9.89 Å². The lowest BCUT2D eigenvalue weighted by Gasteiger charge is -2.39. The minimum absolute atomic E-state index is 0. The van der Waals surface area contributed by atoms with Crippen molar-refractivity contribution in [1.82, 2.24) is 24.7 Å². The van der Waals surface area contributed by atoms with Crippen molar-refractivity contribution >= 4 is 29.9 Å². The average molecular weight is 524 g/mol. The van der Waals surface area contributed by atoms with Crippen molar-refractivity contribution in [2.75, 3.05) is 33.7 Å². The third-order valence-electron chi connectivity index (χ3n) is 6.21. The number of nitrogens with one attached hydrogen (secondary N) is 1. The number of benzene rings is 1. The third kappa shape index (κ3) is 6.70. The molecule has 1 fully saturated rings. The number of likely N-dealkylation sites (tertiary alicyclic amines) is 1. The fourth-order valence-corrected chi connectivity index (χ4v) is 4.07. The van der Waals surface area contributed by atoms with Crippen molar-refractivity contribution < 1.29 is 0 Å². The number of piperidine rings is 1. The number of nitrogens with zero attached hydrogens (tertiary/aromatic N) is 5. The highest BCUT2D eigenvalue weighted by molar-refractivity contribution is 14.0. The molecule has 2 heterocycles. The molecule has 2 aromatic rings. The van der Waals surface area contributed by atoms with Crippen molar-refractivity contribution in [3.8, 4) is 0 Å². The number of aliphatic imine (C=N–C) groups is 1. The Bertz CT molecular complexity index is 748. The lowest BCUT2D eigenvalue weighted by Crippen LogP contribution is -2.49. The van der Waals surface area contributed by atoms with E-state index in [2.05, 4.69) is 87.1 Å². The van der Waals surface area contributed by atoms with Crippen LogP contribution in [0.5, 0.6) is 0 Å². The molecule has 1 aliphatic rings. The normalized spacial score (nSPS) is 20.7. The largest absolute Gasteiger partial charge is 0.356 e. The first-order valence-corrected chi connectivity index (χ1v) is 10.8. The summed E-state index contributed by atoms with van der Waals surface area (Å²) in [6.07, 6.45) is 8.12. The van der Waals surface area contributed by atoms with Crippen LogP contribution in [0.2, 0.25) is 0 Å². The van der Waals surface area contributed by atoms with E-state index < -0.39 is 0 Å². The molecule has 6 nitrogen and oxygen atoms in total. The number of guanidine groups is 1. The highest BCUT2D eigenvalue weighted by Gasteiger charge is 2.28. The first-order chi connectivity index (χ1) is 14.1. The van der Waals surface area contributed by atoms with E-state index in [1.807, 2.05) is 19.6 Å². The van der Waals surface area contributed by atoms with E-state index in [0.717, 1.165) is 38.6 Å². The van der Waals surface area contributed by atoms with E-state index in [0.29, 0.717) is 18.0 Å². The van der Waals surface area contributed by atoms with E-state index in [1.165, 1.54) is 12.0 Å². The Hall–Kier alpha value is -1.61. The summed E-state index contributed by atoms with van der Waals surface area (Å²) >= 11 is 0. The van der Waals surface area contributed by atoms with E-state index >= 15 is 0 Å². The Labute approximate surface area is 198 Å². The maximum Gasteiger partial charge on any atom is 0.193 e. The summed E-state index contributed by atoms with van der Waals surface area (Å²) in [5.41, 5.74) is 1.36. The zero-order valence-corrected chi connectivity index (χ0v) is 21.1. The monoisotopic (exact) mass is 524 g/mol. The maximum absolute atomic E-state index is 4.55. The first kappa shape index (κ1) is 24.7. The molecule has 1 N–H and O–H groups in total. The summed E-state index contributed by atoms with van der Waals surface area (Å²) in [6.45, 7) is 8.56. The van der Waals surface area contributed by atoms with Crippen LogP contribution >= 0.6 is 24.0 Å². The third-order valence-corrected chi connectivity index (χ3v) is 6.21. The molecule has 3 unspecified atom stereocenters. The first-order valence-electron chi connectivity index (χ1n) is 10.8. The molecule has 0 aliphatic carbocycles. The molecule has 0 saturated carbocycles. The van der Waals surface area contributed by atoms with Crippen molar-refractivity contribution in [2.24, 2.45) is 10.9 Å². The minimum Gasteiger partial charge on any atom is -0.356 e. The minimum atomic E-state index is 0. The standard InChI is InChI=1S/C23H36N6.HI/c1-19-11-14-28(17-22(19)29-15-13-25-18-29)23(24-3)26-12-10-20(2)27(4)16-21-8-6-5-7-9-21;/h5-9,13,15,18-20,22H,10-12,14,16-17H2,1-4H3,(H,24,26);1H. The lowest BCUT2D eigenvalue weighted by atomic mass is 9.93. The molecule has 1 aromatic carbocycles. The van der Waals surface area contributed by atoms with Crippen LogP contribution in [-0.4, -0.2) is 65.1 Å². The quantitative estimate of drug-likeness (QED) is 0.340. The summed E-state index contributed by atoms with van der Waals surface area (Å²) in [6, 6.07) is 11.6. The van der Waals surface area contributed by atoms with Gasteiger partial charge in [-0.2, -0.15) is 0 Å². The van der Waals surface area contributed by atoms with Gasteiger partial charge in [0.05, 0.1) is 12.4 Å². The van der Waals surface area contributed by atoms with Gasteiger partial charge in [0.2, 0.25) is 0 Å². The van der Waals surface area contributed by atoms with Crippen LogP contribution in [-0.2, 0) is 6.54 Å². The van der Waals surface area contributed by atoms with Crippen LogP contribution in [0.3, 0.4) is 0 Å². The smallest absolute Gasteiger partial charge is 0.193 e. The van der Waals surface area contributed by atoms with E-state index in [-0.39, 0.29) is 24.0 Å². The molecule has 3 rings (SSSR count). The Morgan fingerprint density at radius 1 is 1.33 bits per heavy atom. The van der Waals surface area contributed by atoms with Gasteiger partial charge in [-0.25, -0.2) is 4.98 Å². The molecule has 30 heavy (non-hydrogen) atoms. The summed E-state index contributed by atoms with van der Waals surface area (Å²) in [4.78, 5) is 13.6. The van der Waals surface area contributed by atoms with Crippen LogP contribution in [0.15, 0.2) is 54.0 Å². The van der Waals surface area contributed by atoms with Crippen molar-refractivity contribution in [3.63, 3.8) is 0 Å². The summed E-state index contributed by atoms with van der Waals surface area (Å²) in [5.74, 6) is 1.66. The fraction of sp³-hybridized carbons (Fsp3) is 0.565. The molecule has 0 amide bonds. The molecule has 0 bridgehead atoms. The van der Waals surface area contributed by atoms with E-state index in [4.69, 9.17) is 0 Å². The van der Waals surface area contributed by atoms with Gasteiger partial charge < -0.3 is 14.8 Å². The number of hydrogen-bond donors (Lipinski definition) is 1. The molecule has 166 valence electrons. The van der Waals surface area contributed by atoms with Gasteiger partial charge in [0.1, 0.15) is 0 Å². The van der Waals surface area contributed by atoms with Gasteiger partial charge in [-0.05, 0) is 38.3 Å². The number of halogens is 1. The van der Waals surface area contributed by atoms with Gasteiger partial charge in [-0.1, -0.05) is 37.3 Å². The molecule has 1 saturated heterocycles. The van der Waals surface area contributed by atoms with Crippen molar-refractivity contribution in [1.29, 1.82) is 0 Å². The van der Waals surface area contributed by atoms with Gasteiger partial charge in [0.25, 0.3) is 0 Å². The topological polar surface area (TPSA) is 48.7 Å². The summed E-state index contributed by atoms with van der Waals surface area (Å²) < 4.78 is 2.24. The van der Waals surface area contributed by atoms with Crippen molar-refractivity contribution in [2.45, 2.75) is 45.3 Å². The van der Waals surface area contributed by atoms with Crippen LogP contribution in [0.4, 0.5) is 0 Å². The van der Waals surface area contributed by atoms with E-state index in [9.17, 15) is 0 Å². The van der Waals surface area contributed by atoms with Gasteiger partial charge >= 0.3 is 0 Å². The average Bonchev–Trinajstić information content (AvgIpc) is 3.27. The molecule has 3 atom stereocenters. The molecular formula is C23H37IN6. The predicted molar refractivity (Wildman–Crippen MR) is 135 cm³/mol. The second-order valence-corrected chi connectivity index (χ2v) is 8.30. The molecule has 1 aromatic heterocycles. The molecule has 1 aliphatic heterocycles. The van der Waals surface area contributed by atoms with Crippen LogP contribution in [0.25, 0.3) is 0 Å². The number of aromatic nitrogens is 2. The van der Waals surface area contributed by atoms with Gasteiger partial charge in [0.15, 0.2) is 5.96 Å². The predicted octanol–water partition coefficient (Wildman–Crippen LogP) is 3.87. The Balaban J connectivity index is 0.00000320. The van der Waals surface area contributed by atoms with E-state index in [1.54, 1.807) is 0 Å². The Kier molecular flexibility index (Phi) is 10.1.